The minimum atomic E-state index is -0.643. The van der Waals surface area contributed by atoms with Crippen molar-refractivity contribution in [1.82, 2.24) is 9.55 Å². The number of benzene rings is 1. The summed E-state index contributed by atoms with van der Waals surface area (Å²) >= 11 is 0. The summed E-state index contributed by atoms with van der Waals surface area (Å²) in [6.45, 7) is 1.72. The minimum Gasteiger partial charge on any atom is -0.301 e. The van der Waals surface area contributed by atoms with E-state index in [-0.39, 0.29) is 11.4 Å². The zero-order valence-corrected chi connectivity index (χ0v) is 8.42. The number of aryl methyl sites for hydroxylation is 1. The van der Waals surface area contributed by atoms with Crippen molar-refractivity contribution in [2.45, 2.75) is 6.92 Å². The Morgan fingerprint density at radius 3 is 2.75 bits per heavy atom. The third kappa shape index (κ3) is 1.65. The maximum absolute atomic E-state index is 13.6. The number of rotatable bonds is 2. The molecule has 0 fully saturated rings. The molecule has 0 bridgehead atoms. The lowest BCUT2D eigenvalue weighted by Gasteiger charge is -2.05. The number of aromatic nitrogens is 2. The Labute approximate surface area is 90.3 Å². The third-order valence-corrected chi connectivity index (χ3v) is 2.23. The molecule has 1 aromatic heterocycles. The first-order chi connectivity index (χ1) is 7.59. The third-order valence-electron chi connectivity index (χ3n) is 2.23. The number of nitro benzene ring substituents is 1. The first kappa shape index (κ1) is 10.3. The summed E-state index contributed by atoms with van der Waals surface area (Å²) < 4.78 is 15.1. The van der Waals surface area contributed by atoms with Crippen molar-refractivity contribution >= 4 is 5.69 Å². The highest BCUT2D eigenvalue weighted by molar-refractivity contribution is 5.43. The molecule has 2 aromatic rings. The van der Waals surface area contributed by atoms with Crippen LogP contribution in [0.3, 0.4) is 0 Å². The van der Waals surface area contributed by atoms with Gasteiger partial charge in [0.1, 0.15) is 5.82 Å². The van der Waals surface area contributed by atoms with Crippen LogP contribution in [0, 0.1) is 22.9 Å². The lowest BCUT2D eigenvalue weighted by molar-refractivity contribution is -0.385. The molecule has 0 saturated carbocycles. The summed E-state index contributed by atoms with van der Waals surface area (Å²) in [5.74, 6) is -0.0250. The van der Waals surface area contributed by atoms with E-state index in [1.54, 1.807) is 13.1 Å². The molecular weight excluding hydrogens is 213 g/mol. The molecule has 0 N–H and O–H groups in total. The van der Waals surface area contributed by atoms with Gasteiger partial charge in [-0.3, -0.25) is 10.1 Å². The van der Waals surface area contributed by atoms with Gasteiger partial charge in [-0.2, -0.15) is 0 Å². The number of halogens is 1. The fourth-order valence-electron chi connectivity index (χ4n) is 1.44. The van der Waals surface area contributed by atoms with Crippen molar-refractivity contribution in [3.05, 3.63) is 52.3 Å². The van der Waals surface area contributed by atoms with E-state index in [4.69, 9.17) is 0 Å². The highest BCUT2D eigenvalue weighted by Gasteiger charge is 2.12. The quantitative estimate of drug-likeness (QED) is 0.577. The van der Waals surface area contributed by atoms with E-state index in [2.05, 4.69) is 4.98 Å². The second-order valence-electron chi connectivity index (χ2n) is 3.24. The van der Waals surface area contributed by atoms with Crippen LogP contribution in [0.1, 0.15) is 5.82 Å². The van der Waals surface area contributed by atoms with Crippen LogP contribution in [0.5, 0.6) is 0 Å². The molecular formula is C10H8FN3O2. The van der Waals surface area contributed by atoms with E-state index < -0.39 is 10.7 Å². The average Bonchev–Trinajstić information content (AvgIpc) is 2.64. The first-order valence-corrected chi connectivity index (χ1v) is 4.54. The Morgan fingerprint density at radius 2 is 2.25 bits per heavy atom. The van der Waals surface area contributed by atoms with Gasteiger partial charge in [-0.25, -0.2) is 9.37 Å². The molecule has 0 radical (unpaired) electrons. The number of nitrogens with zero attached hydrogens (tertiary/aromatic N) is 3. The van der Waals surface area contributed by atoms with E-state index in [0.717, 1.165) is 6.07 Å². The van der Waals surface area contributed by atoms with Crippen molar-refractivity contribution in [3.63, 3.8) is 0 Å². The fourth-order valence-corrected chi connectivity index (χ4v) is 1.44. The minimum absolute atomic E-state index is 0.251. The van der Waals surface area contributed by atoms with E-state index in [1.165, 1.54) is 22.9 Å². The lowest BCUT2D eigenvalue weighted by Crippen LogP contribution is -2.00. The fraction of sp³-hybridized carbons (Fsp3) is 0.100. The predicted molar refractivity (Wildman–Crippen MR) is 54.9 cm³/mol. The smallest absolute Gasteiger partial charge is 0.272 e. The SMILES string of the molecule is Cc1nccn1-c1ccc([N+](=O)[O-])cc1F. The van der Waals surface area contributed by atoms with Gasteiger partial charge in [-0.1, -0.05) is 0 Å². The molecule has 0 unspecified atom stereocenters. The highest BCUT2D eigenvalue weighted by atomic mass is 19.1. The molecule has 0 saturated heterocycles. The maximum atomic E-state index is 13.6. The average molecular weight is 221 g/mol. The summed E-state index contributed by atoms with van der Waals surface area (Å²) in [4.78, 5) is 13.8. The Bertz CT molecular complexity index is 551. The molecule has 5 nitrogen and oxygen atoms in total. The van der Waals surface area contributed by atoms with Gasteiger partial charge in [0.2, 0.25) is 0 Å². The number of imidazole rings is 1. The highest BCUT2D eigenvalue weighted by Crippen LogP contribution is 2.20. The summed E-state index contributed by atoms with van der Waals surface area (Å²) in [7, 11) is 0. The van der Waals surface area contributed by atoms with Gasteiger partial charge in [0, 0.05) is 18.5 Å². The van der Waals surface area contributed by atoms with Gasteiger partial charge in [0.25, 0.3) is 5.69 Å². The normalized spacial score (nSPS) is 10.4. The first-order valence-electron chi connectivity index (χ1n) is 4.54. The summed E-state index contributed by atoms with van der Waals surface area (Å²) in [5, 5.41) is 10.4. The molecule has 16 heavy (non-hydrogen) atoms. The largest absolute Gasteiger partial charge is 0.301 e. The molecule has 0 atom stereocenters. The summed E-state index contributed by atoms with van der Waals surface area (Å²) in [6.07, 6.45) is 3.13. The molecule has 1 heterocycles. The van der Waals surface area contributed by atoms with Crippen LogP contribution in [-0.2, 0) is 0 Å². The summed E-state index contributed by atoms with van der Waals surface area (Å²) in [6, 6.07) is 3.52. The molecule has 0 amide bonds. The topological polar surface area (TPSA) is 61.0 Å². The van der Waals surface area contributed by atoms with Gasteiger partial charge < -0.3 is 4.57 Å². The summed E-state index contributed by atoms with van der Waals surface area (Å²) in [5.41, 5.74) is -0.0142. The van der Waals surface area contributed by atoms with Crippen molar-refractivity contribution in [2.24, 2.45) is 0 Å². The van der Waals surface area contributed by atoms with Crippen LogP contribution in [0.25, 0.3) is 5.69 Å². The Balaban J connectivity index is 2.52. The lowest BCUT2D eigenvalue weighted by atomic mass is 10.2. The zero-order chi connectivity index (χ0) is 11.7. The van der Waals surface area contributed by atoms with Crippen LogP contribution in [0.15, 0.2) is 30.6 Å². The number of non-ortho nitro benzene ring substituents is 1. The molecule has 2 rings (SSSR count). The molecule has 1 aromatic carbocycles. The van der Waals surface area contributed by atoms with Gasteiger partial charge in [0.05, 0.1) is 16.7 Å². The van der Waals surface area contributed by atoms with Gasteiger partial charge in [-0.05, 0) is 13.0 Å². The van der Waals surface area contributed by atoms with Crippen molar-refractivity contribution in [1.29, 1.82) is 0 Å². The molecule has 0 aliphatic rings. The van der Waals surface area contributed by atoms with Crippen LogP contribution in [0.2, 0.25) is 0 Å². The van der Waals surface area contributed by atoms with Crippen LogP contribution in [-0.4, -0.2) is 14.5 Å². The second-order valence-corrected chi connectivity index (χ2v) is 3.24. The Hall–Kier alpha value is -2.24. The Kier molecular flexibility index (Phi) is 2.40. The maximum Gasteiger partial charge on any atom is 0.272 e. The van der Waals surface area contributed by atoms with Gasteiger partial charge >= 0.3 is 0 Å². The zero-order valence-electron chi connectivity index (χ0n) is 8.42. The second kappa shape index (κ2) is 3.73. The predicted octanol–water partition coefficient (Wildman–Crippen LogP) is 2.23. The van der Waals surface area contributed by atoms with E-state index in [0.29, 0.717) is 5.82 Å². The number of nitro groups is 1. The van der Waals surface area contributed by atoms with Crippen molar-refractivity contribution in [2.75, 3.05) is 0 Å². The van der Waals surface area contributed by atoms with E-state index in [1.807, 2.05) is 0 Å². The molecule has 0 aliphatic heterocycles. The molecule has 0 spiro atoms. The molecule has 6 heteroatoms. The molecule has 0 aliphatic carbocycles. The van der Waals surface area contributed by atoms with Crippen molar-refractivity contribution in [3.8, 4) is 5.69 Å². The van der Waals surface area contributed by atoms with E-state index >= 15 is 0 Å². The monoisotopic (exact) mass is 221 g/mol. The van der Waals surface area contributed by atoms with E-state index in [9.17, 15) is 14.5 Å². The van der Waals surface area contributed by atoms with Crippen LogP contribution >= 0.6 is 0 Å². The standard InChI is InChI=1S/C10H8FN3O2/c1-7-12-4-5-13(7)10-3-2-8(14(15)16)6-9(10)11/h2-6H,1H3. The van der Waals surface area contributed by atoms with Crippen LogP contribution < -0.4 is 0 Å². The molecule has 82 valence electrons. The van der Waals surface area contributed by atoms with Crippen LogP contribution in [0.4, 0.5) is 10.1 Å². The number of hydrogen-bond donors (Lipinski definition) is 0. The van der Waals surface area contributed by atoms with Crippen molar-refractivity contribution < 1.29 is 9.31 Å². The van der Waals surface area contributed by atoms with Gasteiger partial charge in [-0.15, -0.1) is 0 Å². The Morgan fingerprint density at radius 1 is 1.50 bits per heavy atom. The van der Waals surface area contributed by atoms with Gasteiger partial charge in [0.15, 0.2) is 5.82 Å². The number of hydrogen-bond acceptors (Lipinski definition) is 3.